The van der Waals surface area contributed by atoms with Gasteiger partial charge in [-0.25, -0.2) is 9.97 Å². The highest BCUT2D eigenvalue weighted by Crippen LogP contribution is 2.24. The van der Waals surface area contributed by atoms with Gasteiger partial charge in [-0.15, -0.1) is 0 Å². The lowest BCUT2D eigenvalue weighted by Crippen LogP contribution is -2.36. The van der Waals surface area contributed by atoms with E-state index in [2.05, 4.69) is 44.1 Å². The van der Waals surface area contributed by atoms with Crippen LogP contribution in [-0.4, -0.2) is 34.3 Å². The maximum atomic E-state index is 5.95. The molecule has 3 aromatic rings. The van der Waals surface area contributed by atoms with Gasteiger partial charge in [0.25, 0.3) is 0 Å². The monoisotopic (exact) mass is 350 g/mol. The highest BCUT2D eigenvalue weighted by atomic mass is 16.5. The fourth-order valence-corrected chi connectivity index (χ4v) is 3.16. The summed E-state index contributed by atoms with van der Waals surface area (Å²) in [6.45, 7) is 2.87. The summed E-state index contributed by atoms with van der Waals surface area (Å²) in [5.74, 6) is 1.62. The topological polar surface area (TPSA) is 61.2 Å². The third-order valence-corrected chi connectivity index (χ3v) is 4.55. The second-order valence-electron chi connectivity index (χ2n) is 6.31. The van der Waals surface area contributed by atoms with Gasteiger partial charge in [-0.2, -0.15) is 0 Å². The van der Waals surface area contributed by atoms with Crippen LogP contribution in [0.5, 0.6) is 5.88 Å². The van der Waals surface area contributed by atoms with Crippen LogP contribution in [0.3, 0.4) is 0 Å². The highest BCUT2D eigenvalue weighted by molar-refractivity contribution is 5.59. The second kappa shape index (κ2) is 7.68. The van der Waals surface area contributed by atoms with Crippen LogP contribution in [0.4, 0.5) is 0 Å². The summed E-state index contributed by atoms with van der Waals surface area (Å²) in [5.41, 5.74) is 3.45. The molecule has 1 aromatic carbocycles. The lowest BCUT2D eigenvalue weighted by Gasteiger charge is -2.26. The van der Waals surface area contributed by atoms with Crippen LogP contribution in [0.2, 0.25) is 0 Å². The summed E-state index contributed by atoms with van der Waals surface area (Å²) in [6, 6.07) is 14.3. The van der Waals surface area contributed by atoms with Gasteiger partial charge in [0, 0.05) is 25.4 Å². The molecule has 0 saturated carbocycles. The van der Waals surface area contributed by atoms with Crippen molar-refractivity contribution in [3.8, 4) is 17.1 Å². The fraction of sp³-hybridized carbons (Fsp3) is 0.300. The van der Waals surface area contributed by atoms with Gasteiger partial charge in [-0.05, 0) is 11.1 Å². The predicted octanol–water partition coefficient (Wildman–Crippen LogP) is 2.64. The molecule has 0 aliphatic carbocycles. The molecule has 6 nitrogen and oxygen atoms in total. The lowest BCUT2D eigenvalue weighted by molar-refractivity contribution is 0.00325. The number of methoxy groups -OCH3 is 1. The number of benzene rings is 1. The van der Waals surface area contributed by atoms with E-state index in [9.17, 15) is 0 Å². The first-order chi connectivity index (χ1) is 12.8. The molecule has 0 saturated heterocycles. The minimum atomic E-state index is 0.116. The summed E-state index contributed by atoms with van der Waals surface area (Å²) < 4.78 is 13.3. The molecule has 134 valence electrons. The Hall–Kier alpha value is -2.70. The summed E-state index contributed by atoms with van der Waals surface area (Å²) in [6.07, 6.45) is 3.88. The van der Waals surface area contributed by atoms with Crippen molar-refractivity contribution in [1.29, 1.82) is 0 Å². The fourth-order valence-electron chi connectivity index (χ4n) is 3.16. The number of fused-ring (bicyclic) bond motifs is 1. The van der Waals surface area contributed by atoms with E-state index in [1.807, 2.05) is 30.6 Å². The van der Waals surface area contributed by atoms with Crippen molar-refractivity contribution in [1.82, 2.24) is 19.9 Å². The molecule has 1 atom stereocenters. The quantitative estimate of drug-likeness (QED) is 0.741. The molecule has 1 N–H and O–H groups in total. The molecule has 0 spiro atoms. The molecule has 2 aromatic heterocycles. The average molecular weight is 350 g/mol. The number of nitrogens with one attached hydrogen (secondary N) is 1. The Morgan fingerprint density at radius 1 is 1.15 bits per heavy atom. The molecule has 0 bridgehead atoms. The molecule has 6 heteroatoms. The third-order valence-electron chi connectivity index (χ3n) is 4.55. The molecule has 26 heavy (non-hydrogen) atoms. The second-order valence-corrected chi connectivity index (χ2v) is 6.31. The van der Waals surface area contributed by atoms with Gasteiger partial charge in [0.2, 0.25) is 5.88 Å². The Morgan fingerprint density at radius 3 is 2.81 bits per heavy atom. The molecule has 0 radical (unpaired) electrons. The van der Waals surface area contributed by atoms with Crippen molar-refractivity contribution in [2.45, 2.75) is 25.8 Å². The highest BCUT2D eigenvalue weighted by Gasteiger charge is 2.22. The standard InChI is InChI=1S/C20H22N4O2/c1-25-20-8-7-15(10-23-20)9-21-11-17-13-24-18(12-22-19(24)14-26-17)16-5-3-2-4-6-16/h2-8,10,12,17,21H,9,11,13-14H2,1H3. The summed E-state index contributed by atoms with van der Waals surface area (Å²) >= 11 is 0. The molecule has 0 fully saturated rings. The zero-order chi connectivity index (χ0) is 17.8. The number of hydrogen-bond acceptors (Lipinski definition) is 5. The van der Waals surface area contributed by atoms with Gasteiger partial charge in [-0.3, -0.25) is 0 Å². The number of pyridine rings is 1. The van der Waals surface area contributed by atoms with Crippen molar-refractivity contribution in [2.24, 2.45) is 0 Å². The first-order valence-corrected chi connectivity index (χ1v) is 8.74. The number of ether oxygens (including phenoxy) is 2. The minimum Gasteiger partial charge on any atom is -0.481 e. The third kappa shape index (κ3) is 3.61. The Bertz CT molecular complexity index is 846. The molecule has 1 unspecified atom stereocenters. The largest absolute Gasteiger partial charge is 0.481 e. The molecular weight excluding hydrogens is 328 g/mol. The lowest BCUT2D eigenvalue weighted by atomic mass is 10.1. The first kappa shape index (κ1) is 16.8. The molecular formula is C20H22N4O2. The summed E-state index contributed by atoms with van der Waals surface area (Å²) in [5, 5.41) is 3.45. The number of nitrogens with zero attached hydrogens (tertiary/aromatic N) is 3. The molecule has 3 heterocycles. The van der Waals surface area contributed by atoms with Crippen LogP contribution in [0.15, 0.2) is 54.9 Å². The van der Waals surface area contributed by atoms with Gasteiger partial charge < -0.3 is 19.4 Å². The van der Waals surface area contributed by atoms with Crippen LogP contribution in [0.25, 0.3) is 11.3 Å². The molecule has 4 rings (SSSR count). The van der Waals surface area contributed by atoms with Crippen molar-refractivity contribution >= 4 is 0 Å². The first-order valence-electron chi connectivity index (χ1n) is 8.74. The average Bonchev–Trinajstić information content (AvgIpc) is 3.12. The Labute approximate surface area is 152 Å². The molecule has 1 aliphatic rings. The van der Waals surface area contributed by atoms with Crippen molar-refractivity contribution < 1.29 is 9.47 Å². The maximum absolute atomic E-state index is 5.95. The zero-order valence-corrected chi connectivity index (χ0v) is 14.8. The number of hydrogen-bond donors (Lipinski definition) is 1. The molecule has 0 amide bonds. The van der Waals surface area contributed by atoms with E-state index in [0.717, 1.165) is 36.7 Å². The smallest absolute Gasteiger partial charge is 0.212 e. The van der Waals surface area contributed by atoms with Crippen molar-refractivity contribution in [2.75, 3.05) is 13.7 Å². The number of rotatable bonds is 6. The maximum Gasteiger partial charge on any atom is 0.212 e. The minimum absolute atomic E-state index is 0.116. The van der Waals surface area contributed by atoms with Crippen molar-refractivity contribution in [3.63, 3.8) is 0 Å². The van der Waals surface area contributed by atoms with E-state index < -0.39 is 0 Å². The van der Waals surface area contributed by atoms with E-state index in [0.29, 0.717) is 12.5 Å². The van der Waals surface area contributed by atoms with Crippen LogP contribution in [0.1, 0.15) is 11.4 Å². The van der Waals surface area contributed by atoms with E-state index in [4.69, 9.17) is 9.47 Å². The van der Waals surface area contributed by atoms with Gasteiger partial charge in [0.05, 0.1) is 31.6 Å². The van der Waals surface area contributed by atoms with E-state index in [1.54, 1.807) is 7.11 Å². The van der Waals surface area contributed by atoms with E-state index in [-0.39, 0.29) is 6.10 Å². The van der Waals surface area contributed by atoms with Gasteiger partial charge >= 0.3 is 0 Å². The van der Waals surface area contributed by atoms with Crippen LogP contribution in [0, 0.1) is 0 Å². The molecule has 1 aliphatic heterocycles. The Balaban J connectivity index is 1.37. The zero-order valence-electron chi connectivity index (χ0n) is 14.8. The summed E-state index contributed by atoms with van der Waals surface area (Å²) in [4.78, 5) is 8.73. The number of imidazole rings is 1. The van der Waals surface area contributed by atoms with Gasteiger partial charge in [0.15, 0.2) is 0 Å². The van der Waals surface area contributed by atoms with Crippen molar-refractivity contribution in [3.05, 3.63) is 66.2 Å². The van der Waals surface area contributed by atoms with Crippen LogP contribution < -0.4 is 10.1 Å². The number of aromatic nitrogens is 3. The van der Waals surface area contributed by atoms with Crippen LogP contribution in [-0.2, 0) is 24.4 Å². The SMILES string of the molecule is COc1ccc(CNCC2Cn3c(-c4ccccc4)cnc3CO2)cn1. The van der Waals surface area contributed by atoms with E-state index in [1.165, 1.54) is 5.56 Å². The van der Waals surface area contributed by atoms with Gasteiger partial charge in [0.1, 0.15) is 12.4 Å². The Morgan fingerprint density at radius 2 is 2.04 bits per heavy atom. The normalized spacial score (nSPS) is 16.3. The van der Waals surface area contributed by atoms with Crippen LogP contribution >= 0.6 is 0 Å². The van der Waals surface area contributed by atoms with Gasteiger partial charge in [-0.1, -0.05) is 36.4 Å². The summed E-state index contributed by atoms with van der Waals surface area (Å²) in [7, 11) is 1.62. The predicted molar refractivity (Wildman–Crippen MR) is 98.7 cm³/mol. The Kier molecular flexibility index (Phi) is 4.95. The van der Waals surface area contributed by atoms with E-state index >= 15 is 0 Å².